The van der Waals surface area contributed by atoms with Crippen molar-refractivity contribution in [2.75, 3.05) is 13.1 Å². The number of amides is 1. The lowest BCUT2D eigenvalue weighted by Crippen LogP contribution is -2.26. The Labute approximate surface area is 144 Å². The van der Waals surface area contributed by atoms with Gasteiger partial charge in [0, 0.05) is 23.5 Å². The van der Waals surface area contributed by atoms with E-state index in [2.05, 4.69) is 15.0 Å². The lowest BCUT2D eigenvalue weighted by Gasteiger charge is -2.03. The number of fused-ring (bicyclic) bond motifs is 1. The number of sulfonamides is 1. The number of benzene rings is 1. The minimum absolute atomic E-state index is 0.0167. The average molecular weight is 363 g/mol. The molecule has 1 aromatic heterocycles. The third-order valence-corrected chi connectivity index (χ3v) is 5.78. The maximum absolute atomic E-state index is 11.9. The first-order chi connectivity index (χ1) is 11.6. The summed E-state index contributed by atoms with van der Waals surface area (Å²) >= 11 is 1.56. The van der Waals surface area contributed by atoms with E-state index in [1.165, 1.54) is 0 Å². The fraction of sp³-hybridized carbons (Fsp3) is 0.250. The van der Waals surface area contributed by atoms with E-state index in [1.807, 2.05) is 17.5 Å². The monoisotopic (exact) mass is 363 g/mol. The van der Waals surface area contributed by atoms with E-state index in [-0.39, 0.29) is 10.8 Å². The van der Waals surface area contributed by atoms with Gasteiger partial charge in [-0.25, -0.2) is 8.42 Å². The second kappa shape index (κ2) is 7.14. The smallest absolute Gasteiger partial charge is 0.263 e. The summed E-state index contributed by atoms with van der Waals surface area (Å²) in [4.78, 5) is 17.3. The fourth-order valence-corrected chi connectivity index (χ4v) is 4.34. The molecule has 24 heavy (non-hydrogen) atoms. The highest BCUT2D eigenvalue weighted by Crippen LogP contribution is 2.22. The van der Waals surface area contributed by atoms with Gasteiger partial charge in [0.15, 0.2) is 0 Å². The van der Waals surface area contributed by atoms with Crippen LogP contribution in [-0.2, 0) is 21.2 Å². The molecule has 0 unspecified atom stereocenters. The zero-order valence-corrected chi connectivity index (χ0v) is 14.5. The van der Waals surface area contributed by atoms with Crippen LogP contribution in [0.1, 0.15) is 16.9 Å². The van der Waals surface area contributed by atoms with Gasteiger partial charge >= 0.3 is 0 Å². The number of hydrogen-bond donors (Lipinski definition) is 2. The van der Waals surface area contributed by atoms with Crippen LogP contribution < -0.4 is 10.0 Å². The first-order valence-electron chi connectivity index (χ1n) is 7.52. The predicted molar refractivity (Wildman–Crippen MR) is 93.8 cm³/mol. The molecule has 8 heteroatoms. The van der Waals surface area contributed by atoms with Crippen molar-refractivity contribution in [1.82, 2.24) is 10.0 Å². The van der Waals surface area contributed by atoms with Crippen molar-refractivity contribution in [1.29, 1.82) is 0 Å². The standard InChI is InChI=1S/C16H17N3O3S2/c20-15(11-12-5-3-10-23-12)17-8-4-9-18-16-13-6-1-2-7-14(13)24(21,22)19-16/h1-3,5-7,10H,4,8-9,11H2,(H,17,20)(H,18,19). The predicted octanol–water partition coefficient (Wildman–Crippen LogP) is 1.54. The maximum atomic E-state index is 11.9. The molecule has 2 aromatic rings. The Morgan fingerprint density at radius 2 is 2.04 bits per heavy atom. The first kappa shape index (κ1) is 16.7. The summed E-state index contributed by atoms with van der Waals surface area (Å²) in [7, 11) is -3.49. The number of amidine groups is 1. The van der Waals surface area contributed by atoms with Crippen LogP contribution in [-0.4, -0.2) is 33.3 Å². The maximum Gasteiger partial charge on any atom is 0.263 e. The molecule has 126 valence electrons. The highest BCUT2D eigenvalue weighted by atomic mass is 32.2. The van der Waals surface area contributed by atoms with Crippen molar-refractivity contribution in [3.8, 4) is 0 Å². The molecule has 3 rings (SSSR count). The molecular weight excluding hydrogens is 346 g/mol. The molecular formula is C16H17N3O3S2. The molecule has 1 amide bonds. The molecule has 2 heterocycles. The molecule has 0 radical (unpaired) electrons. The number of nitrogens with zero attached hydrogens (tertiary/aromatic N) is 1. The van der Waals surface area contributed by atoms with E-state index < -0.39 is 10.0 Å². The first-order valence-corrected chi connectivity index (χ1v) is 9.88. The SMILES string of the molecule is O=C(Cc1cccs1)NCCCN=C1NS(=O)(=O)c2ccccc21. The van der Waals surface area contributed by atoms with Crippen molar-refractivity contribution in [2.24, 2.45) is 4.99 Å². The highest BCUT2D eigenvalue weighted by molar-refractivity contribution is 7.90. The number of nitrogens with one attached hydrogen (secondary N) is 2. The molecule has 6 nitrogen and oxygen atoms in total. The number of rotatable bonds is 6. The summed E-state index contributed by atoms with van der Waals surface area (Å²) in [5.41, 5.74) is 0.597. The van der Waals surface area contributed by atoms with E-state index >= 15 is 0 Å². The van der Waals surface area contributed by atoms with Gasteiger partial charge in [-0.1, -0.05) is 18.2 Å². The Morgan fingerprint density at radius 3 is 2.83 bits per heavy atom. The Balaban J connectivity index is 1.48. The number of thiophene rings is 1. The quantitative estimate of drug-likeness (QED) is 0.763. The van der Waals surface area contributed by atoms with E-state index in [0.717, 1.165) is 4.88 Å². The number of hydrogen-bond acceptors (Lipinski definition) is 5. The lowest BCUT2D eigenvalue weighted by molar-refractivity contribution is -0.120. The van der Waals surface area contributed by atoms with Gasteiger partial charge in [0.1, 0.15) is 5.84 Å². The molecule has 0 atom stereocenters. The summed E-state index contributed by atoms with van der Waals surface area (Å²) in [5, 5.41) is 4.79. The van der Waals surface area contributed by atoms with Crippen molar-refractivity contribution >= 4 is 33.1 Å². The highest BCUT2D eigenvalue weighted by Gasteiger charge is 2.29. The Hall–Kier alpha value is -2.19. The molecule has 1 aliphatic heterocycles. The molecule has 0 saturated heterocycles. The third-order valence-electron chi connectivity index (χ3n) is 3.50. The Morgan fingerprint density at radius 1 is 1.21 bits per heavy atom. The van der Waals surface area contributed by atoms with Crippen LogP contribution in [0, 0.1) is 0 Å². The van der Waals surface area contributed by atoms with Crippen molar-refractivity contribution in [2.45, 2.75) is 17.7 Å². The minimum atomic E-state index is -3.49. The number of carbonyl (C=O) groups is 1. The average Bonchev–Trinajstić information content (AvgIpc) is 3.14. The molecule has 0 fully saturated rings. The normalized spacial score (nSPS) is 16.6. The lowest BCUT2D eigenvalue weighted by atomic mass is 10.2. The third kappa shape index (κ3) is 3.82. The van der Waals surface area contributed by atoms with E-state index in [0.29, 0.717) is 37.3 Å². The second-order valence-corrected chi connectivity index (χ2v) is 7.97. The van der Waals surface area contributed by atoms with Crippen molar-refractivity contribution in [3.05, 3.63) is 52.2 Å². The molecule has 0 spiro atoms. The topological polar surface area (TPSA) is 87.6 Å². The van der Waals surface area contributed by atoms with Gasteiger partial charge in [0.25, 0.3) is 10.0 Å². The van der Waals surface area contributed by atoms with Gasteiger partial charge in [-0.15, -0.1) is 11.3 Å². The second-order valence-electron chi connectivity index (χ2n) is 5.29. The van der Waals surface area contributed by atoms with Gasteiger partial charge in [-0.05, 0) is 30.0 Å². The summed E-state index contributed by atoms with van der Waals surface area (Å²) in [5.74, 6) is 0.354. The summed E-state index contributed by atoms with van der Waals surface area (Å²) in [6.45, 7) is 0.945. The van der Waals surface area contributed by atoms with E-state index in [9.17, 15) is 13.2 Å². The van der Waals surface area contributed by atoms with Gasteiger partial charge in [-0.3, -0.25) is 14.5 Å². The van der Waals surface area contributed by atoms with Crippen LogP contribution in [0.5, 0.6) is 0 Å². The zero-order valence-electron chi connectivity index (χ0n) is 12.9. The van der Waals surface area contributed by atoms with E-state index in [4.69, 9.17) is 0 Å². The molecule has 2 N–H and O–H groups in total. The molecule has 0 aliphatic carbocycles. The van der Waals surface area contributed by atoms with Crippen molar-refractivity contribution < 1.29 is 13.2 Å². The summed E-state index contributed by atoms with van der Waals surface area (Å²) in [6, 6.07) is 10.6. The number of aliphatic imine (C=N–C) groups is 1. The van der Waals surface area contributed by atoms with E-state index in [1.54, 1.807) is 35.6 Å². The Kier molecular flexibility index (Phi) is 4.96. The molecule has 0 bridgehead atoms. The van der Waals surface area contributed by atoms with Crippen LogP contribution in [0.4, 0.5) is 0 Å². The van der Waals surface area contributed by atoms with Crippen LogP contribution in [0.3, 0.4) is 0 Å². The molecule has 0 saturated carbocycles. The largest absolute Gasteiger partial charge is 0.356 e. The number of carbonyl (C=O) groups excluding carboxylic acids is 1. The molecule has 1 aromatic carbocycles. The summed E-state index contributed by atoms with van der Waals surface area (Å²) in [6.07, 6.45) is 1.03. The summed E-state index contributed by atoms with van der Waals surface area (Å²) < 4.78 is 26.4. The zero-order chi connectivity index (χ0) is 17.0. The van der Waals surface area contributed by atoms with Crippen molar-refractivity contribution in [3.63, 3.8) is 0 Å². The van der Waals surface area contributed by atoms with Crippen LogP contribution in [0.2, 0.25) is 0 Å². The van der Waals surface area contributed by atoms with Gasteiger partial charge in [-0.2, -0.15) is 0 Å². The minimum Gasteiger partial charge on any atom is -0.356 e. The Bertz CT molecular complexity index is 858. The van der Waals surface area contributed by atoms with Crippen LogP contribution in [0.25, 0.3) is 0 Å². The van der Waals surface area contributed by atoms with Gasteiger partial charge < -0.3 is 5.32 Å². The van der Waals surface area contributed by atoms with Crippen LogP contribution in [0.15, 0.2) is 51.7 Å². The van der Waals surface area contributed by atoms with Gasteiger partial charge in [0.2, 0.25) is 5.91 Å². The van der Waals surface area contributed by atoms with Crippen LogP contribution >= 0.6 is 11.3 Å². The molecule has 1 aliphatic rings. The fourth-order valence-electron chi connectivity index (χ4n) is 2.38. The van der Waals surface area contributed by atoms with Gasteiger partial charge in [0.05, 0.1) is 11.3 Å².